The molecule has 0 aliphatic carbocycles. The summed E-state index contributed by atoms with van der Waals surface area (Å²) in [5.74, 6) is 0.568. The van der Waals surface area contributed by atoms with Gasteiger partial charge in [0.05, 0.1) is 6.33 Å². The molecule has 3 aromatic heterocycles. The number of pyridine rings is 1. The van der Waals surface area contributed by atoms with Gasteiger partial charge in [-0.2, -0.15) is 4.68 Å². The van der Waals surface area contributed by atoms with E-state index in [4.69, 9.17) is 0 Å². The summed E-state index contributed by atoms with van der Waals surface area (Å²) in [7, 11) is 0. The fraction of sp³-hybridized carbons (Fsp3) is 0. The molecule has 18 heavy (non-hydrogen) atoms. The molecule has 0 saturated carbocycles. The van der Waals surface area contributed by atoms with Crippen molar-refractivity contribution in [2.45, 2.75) is 0 Å². The van der Waals surface area contributed by atoms with Gasteiger partial charge in [0.2, 0.25) is 0 Å². The number of aromatic amines is 1. The molecule has 90 valence electrons. The van der Waals surface area contributed by atoms with E-state index in [1.165, 1.54) is 4.68 Å². The maximum absolute atomic E-state index is 12.2. The molecule has 0 bridgehead atoms. The maximum Gasteiger partial charge on any atom is 0.296 e. The Morgan fingerprint density at radius 2 is 2.22 bits per heavy atom. The number of imidazole rings is 1. The predicted octanol–water partition coefficient (Wildman–Crippen LogP) is 1.35. The van der Waals surface area contributed by atoms with Gasteiger partial charge in [0.25, 0.3) is 5.56 Å². The second-order valence-electron chi connectivity index (χ2n) is 3.60. The predicted molar refractivity (Wildman–Crippen MR) is 74.0 cm³/mol. The molecule has 0 atom stereocenters. The van der Waals surface area contributed by atoms with E-state index in [1.807, 2.05) is 12.1 Å². The number of rotatable bonds is 2. The lowest BCUT2D eigenvalue weighted by Gasteiger charge is -2.00. The quantitative estimate of drug-likeness (QED) is 0.708. The Labute approximate surface area is 115 Å². The Hall–Kier alpha value is -1.90. The third-order valence-electron chi connectivity index (χ3n) is 2.47. The van der Waals surface area contributed by atoms with Gasteiger partial charge >= 0.3 is 0 Å². The number of aromatic nitrogens is 5. The van der Waals surface area contributed by atoms with Crippen molar-refractivity contribution in [3.05, 3.63) is 57.2 Å². The lowest BCUT2D eigenvalue weighted by atomic mass is 10.4. The first kappa shape index (κ1) is 11.2. The van der Waals surface area contributed by atoms with Gasteiger partial charge in [-0.05, 0) is 34.7 Å². The topological polar surface area (TPSA) is 68.5 Å². The van der Waals surface area contributed by atoms with Crippen molar-refractivity contribution < 1.29 is 0 Å². The molecular weight excluding hydrogens is 345 g/mol. The maximum atomic E-state index is 12.2. The summed E-state index contributed by atoms with van der Waals surface area (Å²) in [6.45, 7) is 0. The molecule has 7 heteroatoms. The number of halogens is 1. The van der Waals surface area contributed by atoms with Gasteiger partial charge in [0.1, 0.15) is 5.69 Å². The molecule has 0 spiro atoms. The normalized spacial score (nSPS) is 10.7. The second kappa shape index (κ2) is 4.41. The molecule has 1 N–H and O–H groups in total. The van der Waals surface area contributed by atoms with Crippen LogP contribution < -0.4 is 5.56 Å². The van der Waals surface area contributed by atoms with E-state index in [2.05, 4.69) is 37.7 Å². The van der Waals surface area contributed by atoms with Gasteiger partial charge < -0.3 is 0 Å². The Kier molecular flexibility index (Phi) is 2.74. The Balaban J connectivity index is 2.13. The Morgan fingerprint density at radius 1 is 1.33 bits per heavy atom. The van der Waals surface area contributed by atoms with Gasteiger partial charge in [-0.1, -0.05) is 0 Å². The van der Waals surface area contributed by atoms with Crippen LogP contribution in [0.15, 0.2) is 48.0 Å². The van der Waals surface area contributed by atoms with Crippen LogP contribution in [0.4, 0.5) is 0 Å². The zero-order valence-electron chi connectivity index (χ0n) is 9.12. The number of hydrogen-bond donors (Lipinski definition) is 1. The summed E-state index contributed by atoms with van der Waals surface area (Å²) < 4.78 is 4.07. The summed E-state index contributed by atoms with van der Waals surface area (Å²) >= 11 is 2.18. The number of nitrogens with one attached hydrogen (secondary N) is 1. The van der Waals surface area contributed by atoms with E-state index in [9.17, 15) is 4.79 Å². The molecule has 0 unspecified atom stereocenters. The summed E-state index contributed by atoms with van der Waals surface area (Å²) in [4.78, 5) is 20.3. The lowest BCUT2D eigenvalue weighted by Crippen LogP contribution is -2.18. The largest absolute Gasteiger partial charge is 0.300 e. The minimum atomic E-state index is -0.164. The van der Waals surface area contributed by atoms with E-state index < -0.39 is 0 Å². The van der Waals surface area contributed by atoms with Crippen molar-refractivity contribution >= 4 is 22.6 Å². The van der Waals surface area contributed by atoms with Crippen LogP contribution in [-0.4, -0.2) is 24.3 Å². The zero-order chi connectivity index (χ0) is 12.5. The molecular formula is C11H8IN5O. The molecule has 0 saturated heterocycles. The minimum absolute atomic E-state index is 0.164. The number of H-pyrrole nitrogens is 1. The highest BCUT2D eigenvalue weighted by Crippen LogP contribution is 2.08. The molecule has 6 nitrogen and oxygen atoms in total. The number of hydrogen-bond acceptors (Lipinski definition) is 3. The van der Waals surface area contributed by atoms with Crippen molar-refractivity contribution in [2.24, 2.45) is 0 Å². The first-order valence-corrected chi connectivity index (χ1v) is 6.24. The van der Waals surface area contributed by atoms with Crippen LogP contribution in [-0.2, 0) is 0 Å². The first-order valence-electron chi connectivity index (χ1n) is 5.16. The molecule has 3 heterocycles. The van der Waals surface area contributed by atoms with Gasteiger partial charge in [-0.25, -0.2) is 9.97 Å². The van der Waals surface area contributed by atoms with Crippen molar-refractivity contribution in [1.82, 2.24) is 24.3 Å². The van der Waals surface area contributed by atoms with Crippen molar-refractivity contribution in [2.75, 3.05) is 0 Å². The fourth-order valence-electron chi connectivity index (χ4n) is 1.63. The van der Waals surface area contributed by atoms with Crippen LogP contribution in [0.25, 0.3) is 11.5 Å². The third-order valence-corrected chi connectivity index (χ3v) is 3.14. The van der Waals surface area contributed by atoms with Gasteiger partial charge in [0.15, 0.2) is 5.82 Å². The van der Waals surface area contributed by atoms with E-state index in [0.717, 1.165) is 3.57 Å². The zero-order valence-corrected chi connectivity index (χ0v) is 11.3. The van der Waals surface area contributed by atoms with E-state index in [0.29, 0.717) is 11.5 Å². The molecule has 0 fully saturated rings. The Bertz CT molecular complexity index is 728. The minimum Gasteiger partial charge on any atom is -0.300 e. The molecule has 0 aliphatic rings. The highest BCUT2D eigenvalue weighted by molar-refractivity contribution is 14.1. The van der Waals surface area contributed by atoms with Crippen LogP contribution in [0.1, 0.15) is 0 Å². The number of nitrogens with zero attached hydrogens (tertiary/aromatic N) is 4. The average molecular weight is 353 g/mol. The highest BCUT2D eigenvalue weighted by atomic mass is 127. The van der Waals surface area contributed by atoms with E-state index in [1.54, 1.807) is 35.7 Å². The molecule has 0 amide bonds. The fourth-order valence-corrected chi connectivity index (χ4v) is 2.07. The van der Waals surface area contributed by atoms with Crippen molar-refractivity contribution in [1.29, 1.82) is 0 Å². The van der Waals surface area contributed by atoms with Crippen molar-refractivity contribution in [3.63, 3.8) is 0 Å². The smallest absolute Gasteiger partial charge is 0.296 e. The molecule has 3 aromatic rings. The first-order chi connectivity index (χ1) is 8.75. The Morgan fingerprint density at radius 3 is 2.94 bits per heavy atom. The molecule has 0 aliphatic heterocycles. The van der Waals surface area contributed by atoms with Crippen LogP contribution in [0, 0.1) is 3.57 Å². The SMILES string of the molecule is O=c1c(-n2ccnc2)c[nH]n1-c1cc(I)ccn1. The molecule has 3 rings (SSSR count). The third kappa shape index (κ3) is 1.86. The van der Waals surface area contributed by atoms with Crippen LogP contribution in [0.5, 0.6) is 0 Å². The second-order valence-corrected chi connectivity index (χ2v) is 4.85. The highest BCUT2D eigenvalue weighted by Gasteiger charge is 2.09. The van der Waals surface area contributed by atoms with E-state index in [-0.39, 0.29) is 5.56 Å². The van der Waals surface area contributed by atoms with E-state index >= 15 is 0 Å². The molecule has 0 aromatic carbocycles. The van der Waals surface area contributed by atoms with Crippen molar-refractivity contribution in [3.8, 4) is 11.5 Å². The van der Waals surface area contributed by atoms with Gasteiger partial charge in [0, 0.05) is 28.4 Å². The summed E-state index contributed by atoms with van der Waals surface area (Å²) in [5, 5.41) is 2.90. The summed E-state index contributed by atoms with van der Waals surface area (Å²) in [5.41, 5.74) is 0.343. The van der Waals surface area contributed by atoms with Crippen LogP contribution in [0.3, 0.4) is 0 Å². The van der Waals surface area contributed by atoms with Crippen LogP contribution >= 0.6 is 22.6 Å². The molecule has 0 radical (unpaired) electrons. The van der Waals surface area contributed by atoms with Gasteiger partial charge in [-0.3, -0.25) is 14.5 Å². The standard InChI is InChI=1S/C11H8IN5O/c12-8-1-2-14-10(5-8)17-11(18)9(6-15-17)16-4-3-13-7-16/h1-7,15H. The van der Waals surface area contributed by atoms with Crippen LogP contribution in [0.2, 0.25) is 0 Å². The lowest BCUT2D eigenvalue weighted by molar-refractivity contribution is 0.815. The summed E-state index contributed by atoms with van der Waals surface area (Å²) in [6, 6.07) is 3.70. The average Bonchev–Trinajstić information content (AvgIpc) is 2.97. The van der Waals surface area contributed by atoms with Gasteiger partial charge in [-0.15, -0.1) is 0 Å². The monoisotopic (exact) mass is 353 g/mol. The summed E-state index contributed by atoms with van der Waals surface area (Å²) in [6.07, 6.45) is 8.22.